The van der Waals surface area contributed by atoms with E-state index >= 15 is 0 Å². The van der Waals surface area contributed by atoms with Crippen LogP contribution in [-0.4, -0.2) is 13.3 Å². The van der Waals surface area contributed by atoms with E-state index in [4.69, 9.17) is 0 Å². The highest BCUT2D eigenvalue weighted by atomic mass is 79.9. The minimum Gasteiger partial charge on any atom is -0.258 e. The predicted molar refractivity (Wildman–Crippen MR) is 96.0 cm³/mol. The van der Waals surface area contributed by atoms with Crippen LogP contribution in [0.4, 0.5) is 5.69 Å². The fourth-order valence-corrected chi connectivity index (χ4v) is 3.99. The first kappa shape index (κ1) is 18.6. The number of benzene rings is 2. The lowest BCUT2D eigenvalue weighted by Gasteiger charge is -2.17. The van der Waals surface area contributed by atoms with Gasteiger partial charge in [0, 0.05) is 22.6 Å². The molecular weight excluding hydrogens is 396 g/mol. The van der Waals surface area contributed by atoms with E-state index in [9.17, 15) is 18.5 Å². The minimum absolute atomic E-state index is 0.0644. The molecule has 0 bridgehead atoms. The summed E-state index contributed by atoms with van der Waals surface area (Å²) in [4.78, 5) is 10.1. The summed E-state index contributed by atoms with van der Waals surface area (Å²) in [5.74, 6) is -0.224. The second-order valence-corrected chi connectivity index (χ2v) is 7.98. The fraction of sp³-hybridized carbons (Fsp3) is 0.250. The van der Waals surface area contributed by atoms with Crippen molar-refractivity contribution in [1.29, 1.82) is 0 Å². The molecule has 0 saturated carbocycles. The number of sulfonamides is 1. The van der Waals surface area contributed by atoms with Gasteiger partial charge >= 0.3 is 0 Å². The van der Waals surface area contributed by atoms with Crippen molar-refractivity contribution in [2.75, 3.05) is 0 Å². The van der Waals surface area contributed by atoms with Gasteiger partial charge in [-0.05, 0) is 29.7 Å². The van der Waals surface area contributed by atoms with E-state index in [1.54, 1.807) is 0 Å². The monoisotopic (exact) mass is 412 g/mol. The number of rotatable bonds is 7. The first-order valence-electron chi connectivity index (χ1n) is 7.29. The van der Waals surface area contributed by atoms with Gasteiger partial charge in [-0.15, -0.1) is 0 Å². The predicted octanol–water partition coefficient (Wildman–Crippen LogP) is 3.93. The van der Waals surface area contributed by atoms with Gasteiger partial charge in [0.25, 0.3) is 5.69 Å². The lowest BCUT2D eigenvalue weighted by Crippen LogP contribution is -2.29. The van der Waals surface area contributed by atoms with Gasteiger partial charge in [0.2, 0.25) is 10.0 Å². The van der Waals surface area contributed by atoms with Crippen molar-refractivity contribution in [1.82, 2.24) is 4.72 Å². The maximum absolute atomic E-state index is 12.4. The van der Waals surface area contributed by atoms with E-state index in [0.29, 0.717) is 12.0 Å². The molecule has 0 heterocycles. The molecule has 128 valence electrons. The molecule has 0 aliphatic rings. The Kier molecular flexibility index (Phi) is 6.09. The molecule has 2 aromatic carbocycles. The van der Waals surface area contributed by atoms with E-state index in [2.05, 4.69) is 20.7 Å². The maximum Gasteiger partial charge on any atom is 0.269 e. The number of halogens is 1. The summed E-state index contributed by atoms with van der Waals surface area (Å²) in [6, 6.07) is 12.7. The first-order valence-corrected chi connectivity index (χ1v) is 9.74. The zero-order valence-corrected chi connectivity index (χ0v) is 15.4. The third kappa shape index (κ3) is 5.12. The molecule has 0 saturated heterocycles. The van der Waals surface area contributed by atoms with Crippen molar-refractivity contribution in [3.8, 4) is 0 Å². The zero-order chi connectivity index (χ0) is 17.7. The molecule has 0 fully saturated rings. The van der Waals surface area contributed by atoms with E-state index < -0.39 is 14.9 Å². The van der Waals surface area contributed by atoms with Gasteiger partial charge in [-0.3, -0.25) is 10.1 Å². The normalized spacial score (nSPS) is 12.8. The molecule has 0 aliphatic heterocycles. The Morgan fingerprint density at radius 1 is 1.12 bits per heavy atom. The van der Waals surface area contributed by atoms with Crippen LogP contribution in [0.1, 0.15) is 30.5 Å². The molecule has 0 aromatic heterocycles. The second kappa shape index (κ2) is 7.87. The molecular formula is C16H17BrN2O4S. The summed E-state index contributed by atoms with van der Waals surface area (Å²) in [6.07, 6.45) is 0.612. The van der Waals surface area contributed by atoms with E-state index in [1.165, 1.54) is 24.3 Å². The Morgan fingerprint density at radius 2 is 1.71 bits per heavy atom. The van der Waals surface area contributed by atoms with Crippen LogP contribution in [-0.2, 0) is 15.8 Å². The Bertz CT molecular complexity index is 805. The van der Waals surface area contributed by atoms with Crippen LogP contribution in [0.5, 0.6) is 0 Å². The molecule has 6 nitrogen and oxygen atoms in total. The standard InChI is InChI=1S/C16H17BrN2O4S/c1-2-16(13-5-7-14(17)8-6-13)18-24(22,23)11-12-3-9-15(10-4-12)19(20)21/h3-10,16,18H,2,11H2,1H3. The molecule has 0 amide bonds. The molecule has 1 unspecified atom stereocenters. The lowest BCUT2D eigenvalue weighted by molar-refractivity contribution is -0.384. The summed E-state index contributed by atoms with van der Waals surface area (Å²) >= 11 is 3.35. The molecule has 0 spiro atoms. The average molecular weight is 413 g/mol. The summed E-state index contributed by atoms with van der Waals surface area (Å²) < 4.78 is 28.4. The molecule has 2 aromatic rings. The summed E-state index contributed by atoms with van der Waals surface area (Å²) in [6.45, 7) is 1.90. The van der Waals surface area contributed by atoms with Crippen molar-refractivity contribution < 1.29 is 13.3 Å². The molecule has 0 aliphatic carbocycles. The van der Waals surface area contributed by atoms with Crippen molar-refractivity contribution in [3.05, 3.63) is 74.2 Å². The van der Waals surface area contributed by atoms with E-state index in [0.717, 1.165) is 10.0 Å². The van der Waals surface area contributed by atoms with Crippen LogP contribution < -0.4 is 4.72 Å². The Hall–Kier alpha value is -1.77. The van der Waals surface area contributed by atoms with Crippen molar-refractivity contribution in [3.63, 3.8) is 0 Å². The van der Waals surface area contributed by atoms with Gasteiger partial charge in [0.1, 0.15) is 0 Å². The van der Waals surface area contributed by atoms with Gasteiger partial charge < -0.3 is 0 Å². The largest absolute Gasteiger partial charge is 0.269 e. The number of hydrogen-bond donors (Lipinski definition) is 1. The molecule has 2 rings (SSSR count). The maximum atomic E-state index is 12.4. The molecule has 8 heteroatoms. The highest BCUT2D eigenvalue weighted by molar-refractivity contribution is 9.10. The number of nitrogens with zero attached hydrogens (tertiary/aromatic N) is 1. The second-order valence-electron chi connectivity index (χ2n) is 5.31. The van der Waals surface area contributed by atoms with Gasteiger partial charge in [-0.25, -0.2) is 13.1 Å². The third-order valence-corrected chi connectivity index (χ3v) is 5.39. The van der Waals surface area contributed by atoms with Crippen molar-refractivity contribution in [2.24, 2.45) is 0 Å². The number of hydrogen-bond acceptors (Lipinski definition) is 4. The summed E-state index contributed by atoms with van der Waals surface area (Å²) in [7, 11) is -3.57. The Labute approximate surface area is 149 Å². The van der Waals surface area contributed by atoms with Crippen LogP contribution in [0.25, 0.3) is 0 Å². The van der Waals surface area contributed by atoms with Crippen LogP contribution in [0.2, 0.25) is 0 Å². The molecule has 24 heavy (non-hydrogen) atoms. The van der Waals surface area contributed by atoms with Crippen molar-refractivity contribution >= 4 is 31.6 Å². The van der Waals surface area contributed by atoms with Crippen LogP contribution in [0.15, 0.2) is 53.0 Å². The van der Waals surface area contributed by atoms with E-state index in [-0.39, 0.29) is 17.5 Å². The van der Waals surface area contributed by atoms with Crippen molar-refractivity contribution in [2.45, 2.75) is 25.1 Å². The minimum atomic E-state index is -3.57. The topological polar surface area (TPSA) is 89.3 Å². The average Bonchev–Trinajstić information content (AvgIpc) is 2.53. The number of nitrogens with one attached hydrogen (secondary N) is 1. The van der Waals surface area contributed by atoms with Gasteiger partial charge in [-0.2, -0.15) is 0 Å². The number of non-ortho nitro benzene ring substituents is 1. The van der Waals surface area contributed by atoms with Crippen LogP contribution in [0.3, 0.4) is 0 Å². The Morgan fingerprint density at radius 3 is 2.21 bits per heavy atom. The third-order valence-electron chi connectivity index (χ3n) is 3.51. The fourth-order valence-electron chi connectivity index (χ4n) is 2.27. The summed E-state index contributed by atoms with van der Waals surface area (Å²) in [5, 5.41) is 10.6. The van der Waals surface area contributed by atoms with Crippen LogP contribution in [0, 0.1) is 10.1 Å². The van der Waals surface area contributed by atoms with Gasteiger partial charge in [0.05, 0.1) is 10.7 Å². The quantitative estimate of drug-likeness (QED) is 0.550. The highest BCUT2D eigenvalue weighted by Gasteiger charge is 2.19. The smallest absolute Gasteiger partial charge is 0.258 e. The lowest BCUT2D eigenvalue weighted by atomic mass is 10.1. The molecule has 1 atom stereocenters. The zero-order valence-electron chi connectivity index (χ0n) is 13.0. The van der Waals surface area contributed by atoms with Gasteiger partial charge in [-0.1, -0.05) is 47.1 Å². The number of nitro benzene ring substituents is 1. The van der Waals surface area contributed by atoms with Gasteiger partial charge in [0.15, 0.2) is 0 Å². The van der Waals surface area contributed by atoms with Crippen LogP contribution >= 0.6 is 15.9 Å². The first-order chi connectivity index (χ1) is 11.3. The SMILES string of the molecule is CCC(NS(=O)(=O)Cc1ccc([N+](=O)[O-])cc1)c1ccc(Br)cc1. The van der Waals surface area contributed by atoms with E-state index in [1.807, 2.05) is 31.2 Å². The number of nitro groups is 1. The molecule has 1 N–H and O–H groups in total. The summed E-state index contributed by atoms with van der Waals surface area (Å²) in [5.41, 5.74) is 1.32. The molecule has 0 radical (unpaired) electrons. The highest BCUT2D eigenvalue weighted by Crippen LogP contribution is 2.21. The Balaban J connectivity index is 2.11.